The molecule has 118 valence electrons. The number of rotatable bonds is 8. The van der Waals surface area contributed by atoms with Crippen molar-refractivity contribution < 1.29 is 0 Å². The molecule has 1 unspecified atom stereocenters. The number of aromatic nitrogens is 1. The summed E-state index contributed by atoms with van der Waals surface area (Å²) in [6, 6.07) is 6.81. The lowest BCUT2D eigenvalue weighted by molar-refractivity contribution is 0.200. The highest BCUT2D eigenvalue weighted by Gasteiger charge is 2.24. The second-order valence-corrected chi connectivity index (χ2v) is 6.48. The van der Waals surface area contributed by atoms with E-state index in [0.29, 0.717) is 6.04 Å². The molecule has 1 aromatic heterocycles. The number of hydrogen-bond acceptors (Lipinski definition) is 3. The minimum Gasteiger partial charge on any atom is -0.312 e. The van der Waals surface area contributed by atoms with E-state index in [1.165, 1.54) is 38.5 Å². The Labute approximate surface area is 130 Å². The standard InChI is InChI=1S/C18H31N3/c1-3-12-20-18(16-9-5-4-6-10-16)15-21(2)14-17-11-7-8-13-19-17/h7-8,11,13,16,18,20H,3-6,9-10,12,14-15H2,1-2H3. The summed E-state index contributed by atoms with van der Waals surface area (Å²) in [5, 5.41) is 3.79. The monoisotopic (exact) mass is 289 g/mol. The molecule has 0 saturated heterocycles. The third kappa shape index (κ3) is 5.76. The molecule has 1 aliphatic rings. The molecule has 1 atom stereocenters. The maximum absolute atomic E-state index is 4.44. The number of likely N-dealkylation sites (N-methyl/N-ethyl adjacent to an activating group) is 1. The van der Waals surface area contributed by atoms with E-state index in [4.69, 9.17) is 0 Å². The third-order valence-electron chi connectivity index (χ3n) is 4.54. The van der Waals surface area contributed by atoms with Gasteiger partial charge in [-0.3, -0.25) is 9.88 Å². The molecule has 3 heteroatoms. The van der Waals surface area contributed by atoms with Crippen LogP contribution in [-0.2, 0) is 6.54 Å². The van der Waals surface area contributed by atoms with Gasteiger partial charge < -0.3 is 5.32 Å². The van der Waals surface area contributed by atoms with Gasteiger partial charge in [0.05, 0.1) is 5.69 Å². The molecule has 1 saturated carbocycles. The van der Waals surface area contributed by atoms with Gasteiger partial charge in [-0.05, 0) is 50.9 Å². The molecule has 0 aromatic carbocycles. The normalized spacial score (nSPS) is 18.0. The lowest BCUT2D eigenvalue weighted by atomic mass is 9.83. The summed E-state index contributed by atoms with van der Waals surface area (Å²) < 4.78 is 0. The summed E-state index contributed by atoms with van der Waals surface area (Å²) in [5.74, 6) is 0.858. The van der Waals surface area contributed by atoms with Crippen molar-refractivity contribution in [1.82, 2.24) is 15.2 Å². The van der Waals surface area contributed by atoms with Crippen molar-refractivity contribution in [3.05, 3.63) is 30.1 Å². The number of nitrogens with zero attached hydrogens (tertiary/aromatic N) is 2. The fraction of sp³-hybridized carbons (Fsp3) is 0.722. The molecule has 21 heavy (non-hydrogen) atoms. The van der Waals surface area contributed by atoms with Crippen LogP contribution in [0.1, 0.15) is 51.1 Å². The van der Waals surface area contributed by atoms with Crippen molar-refractivity contribution in [2.24, 2.45) is 5.92 Å². The summed E-state index contributed by atoms with van der Waals surface area (Å²) in [6.07, 6.45) is 10.2. The van der Waals surface area contributed by atoms with E-state index in [-0.39, 0.29) is 0 Å². The third-order valence-corrected chi connectivity index (χ3v) is 4.54. The Morgan fingerprint density at radius 1 is 1.29 bits per heavy atom. The van der Waals surface area contributed by atoms with Crippen molar-refractivity contribution in [2.45, 2.75) is 58.0 Å². The lowest BCUT2D eigenvalue weighted by Crippen LogP contribution is -2.45. The summed E-state index contributed by atoms with van der Waals surface area (Å²) >= 11 is 0. The highest BCUT2D eigenvalue weighted by molar-refractivity contribution is 5.03. The summed E-state index contributed by atoms with van der Waals surface area (Å²) in [4.78, 5) is 6.86. The summed E-state index contributed by atoms with van der Waals surface area (Å²) in [7, 11) is 2.22. The summed E-state index contributed by atoms with van der Waals surface area (Å²) in [5.41, 5.74) is 1.16. The molecular formula is C18H31N3. The predicted octanol–water partition coefficient (Wildman–Crippen LogP) is 3.46. The summed E-state index contributed by atoms with van der Waals surface area (Å²) in [6.45, 7) is 5.46. The minimum absolute atomic E-state index is 0.638. The van der Waals surface area contributed by atoms with Gasteiger partial charge in [-0.15, -0.1) is 0 Å². The molecule has 1 N–H and O–H groups in total. The van der Waals surface area contributed by atoms with E-state index >= 15 is 0 Å². The van der Waals surface area contributed by atoms with Crippen LogP contribution in [0.25, 0.3) is 0 Å². The van der Waals surface area contributed by atoms with Crippen molar-refractivity contribution in [3.8, 4) is 0 Å². The molecule has 0 spiro atoms. The Morgan fingerprint density at radius 3 is 2.76 bits per heavy atom. The Kier molecular flexibility index (Phi) is 7.17. The Hall–Kier alpha value is -0.930. The van der Waals surface area contributed by atoms with Crippen LogP contribution >= 0.6 is 0 Å². The first kappa shape index (κ1) is 16.4. The van der Waals surface area contributed by atoms with Gasteiger partial charge in [0.15, 0.2) is 0 Å². The molecule has 1 aromatic rings. The van der Waals surface area contributed by atoms with Gasteiger partial charge in [-0.1, -0.05) is 32.3 Å². The van der Waals surface area contributed by atoms with Crippen LogP contribution in [0.15, 0.2) is 24.4 Å². The SMILES string of the molecule is CCCNC(CN(C)Cc1ccccn1)C1CCCCC1. The first-order valence-electron chi connectivity index (χ1n) is 8.61. The minimum atomic E-state index is 0.638. The highest BCUT2D eigenvalue weighted by Crippen LogP contribution is 2.27. The van der Waals surface area contributed by atoms with E-state index < -0.39 is 0 Å². The number of pyridine rings is 1. The van der Waals surface area contributed by atoms with Crippen molar-refractivity contribution in [2.75, 3.05) is 20.1 Å². The molecule has 2 rings (SSSR count). The van der Waals surface area contributed by atoms with E-state index in [0.717, 1.165) is 31.2 Å². The van der Waals surface area contributed by atoms with Crippen molar-refractivity contribution in [3.63, 3.8) is 0 Å². The topological polar surface area (TPSA) is 28.2 Å². The first-order valence-corrected chi connectivity index (χ1v) is 8.61. The average molecular weight is 289 g/mol. The van der Waals surface area contributed by atoms with Gasteiger partial charge in [0.2, 0.25) is 0 Å². The zero-order chi connectivity index (χ0) is 14.9. The first-order chi connectivity index (χ1) is 10.3. The molecule has 3 nitrogen and oxygen atoms in total. The molecule has 0 radical (unpaired) electrons. The smallest absolute Gasteiger partial charge is 0.0543 e. The molecule has 0 amide bonds. The molecule has 1 aliphatic carbocycles. The van der Waals surface area contributed by atoms with Gasteiger partial charge in [0, 0.05) is 25.3 Å². The maximum atomic E-state index is 4.44. The Morgan fingerprint density at radius 2 is 2.10 bits per heavy atom. The van der Waals surface area contributed by atoms with Crippen molar-refractivity contribution >= 4 is 0 Å². The quantitative estimate of drug-likeness (QED) is 0.794. The van der Waals surface area contributed by atoms with Crippen molar-refractivity contribution in [1.29, 1.82) is 0 Å². The van der Waals surface area contributed by atoms with Crippen LogP contribution in [0.3, 0.4) is 0 Å². The molecule has 0 aliphatic heterocycles. The van der Waals surface area contributed by atoms with Gasteiger partial charge >= 0.3 is 0 Å². The van der Waals surface area contributed by atoms with Gasteiger partial charge in [-0.25, -0.2) is 0 Å². The van der Waals surface area contributed by atoms with Gasteiger partial charge in [0.1, 0.15) is 0 Å². The molecule has 0 bridgehead atoms. The van der Waals surface area contributed by atoms with Crippen LogP contribution in [0.4, 0.5) is 0 Å². The molecular weight excluding hydrogens is 258 g/mol. The van der Waals surface area contributed by atoms with Crippen LogP contribution in [-0.4, -0.2) is 36.1 Å². The van der Waals surface area contributed by atoms with E-state index in [2.05, 4.69) is 41.3 Å². The largest absolute Gasteiger partial charge is 0.312 e. The average Bonchev–Trinajstić information content (AvgIpc) is 2.53. The fourth-order valence-corrected chi connectivity index (χ4v) is 3.42. The highest BCUT2D eigenvalue weighted by atomic mass is 15.1. The predicted molar refractivity (Wildman–Crippen MR) is 89.2 cm³/mol. The zero-order valence-electron chi connectivity index (χ0n) is 13.7. The molecule has 1 heterocycles. The second-order valence-electron chi connectivity index (χ2n) is 6.48. The van der Waals surface area contributed by atoms with E-state index in [1.807, 2.05) is 12.3 Å². The lowest BCUT2D eigenvalue weighted by Gasteiger charge is -2.34. The van der Waals surface area contributed by atoms with Gasteiger partial charge in [-0.2, -0.15) is 0 Å². The van der Waals surface area contributed by atoms with E-state index in [1.54, 1.807) is 0 Å². The van der Waals surface area contributed by atoms with Crippen LogP contribution in [0.2, 0.25) is 0 Å². The molecule has 1 fully saturated rings. The van der Waals surface area contributed by atoms with E-state index in [9.17, 15) is 0 Å². The maximum Gasteiger partial charge on any atom is 0.0543 e. The second kappa shape index (κ2) is 9.16. The Balaban J connectivity index is 1.87. The number of hydrogen-bond donors (Lipinski definition) is 1. The van der Waals surface area contributed by atoms with Crippen LogP contribution < -0.4 is 5.32 Å². The zero-order valence-corrected chi connectivity index (χ0v) is 13.7. The number of nitrogens with one attached hydrogen (secondary N) is 1. The Bertz CT molecular complexity index is 373. The van der Waals surface area contributed by atoms with Crippen LogP contribution in [0, 0.1) is 5.92 Å². The van der Waals surface area contributed by atoms with Crippen LogP contribution in [0.5, 0.6) is 0 Å². The fourth-order valence-electron chi connectivity index (χ4n) is 3.42. The van der Waals surface area contributed by atoms with Gasteiger partial charge in [0.25, 0.3) is 0 Å².